The van der Waals surface area contributed by atoms with Gasteiger partial charge in [0.1, 0.15) is 0 Å². The molecule has 9 heteroatoms. The highest BCUT2D eigenvalue weighted by molar-refractivity contribution is 6.36. The number of likely N-dealkylation sites (N-methyl/N-ethyl adjacent to an activating group) is 1. The van der Waals surface area contributed by atoms with Gasteiger partial charge >= 0.3 is 0 Å². The van der Waals surface area contributed by atoms with Gasteiger partial charge in [0, 0.05) is 16.8 Å². The third-order valence-electron chi connectivity index (χ3n) is 4.59. The largest absolute Gasteiger partial charge is 0.490 e. The van der Waals surface area contributed by atoms with Crippen molar-refractivity contribution >= 4 is 46.4 Å². The number of rotatable bonds is 10. The summed E-state index contributed by atoms with van der Waals surface area (Å²) < 4.78 is 11.1. The highest BCUT2D eigenvalue weighted by Crippen LogP contribution is 2.30. The second-order valence-corrected chi connectivity index (χ2v) is 7.78. The highest BCUT2D eigenvalue weighted by atomic mass is 35.5. The molecule has 0 bridgehead atoms. The first-order valence-corrected chi connectivity index (χ1v) is 10.8. The van der Waals surface area contributed by atoms with E-state index >= 15 is 0 Å². The SMILES string of the molecule is CCOc1ccc(NC(=O)C[NH+](C)[C@H](C)C(=O)Nc2ccc(Cl)cc2Cl)cc1OCC. The van der Waals surface area contributed by atoms with Gasteiger partial charge in [-0.15, -0.1) is 0 Å². The summed E-state index contributed by atoms with van der Waals surface area (Å²) in [6.07, 6.45) is 0. The van der Waals surface area contributed by atoms with Gasteiger partial charge < -0.3 is 25.0 Å². The standard InChI is InChI=1S/C22H27Cl2N3O4/c1-5-30-19-10-8-16(12-20(19)31-6-2)25-21(28)13-27(4)14(3)22(29)26-18-9-7-15(23)11-17(18)24/h7-12,14H,5-6,13H2,1-4H3,(H,25,28)(H,26,29)/p+1/t14-/m1/s1. The van der Waals surface area contributed by atoms with Gasteiger partial charge in [-0.2, -0.15) is 0 Å². The third-order valence-corrected chi connectivity index (χ3v) is 5.14. The fourth-order valence-electron chi connectivity index (χ4n) is 2.80. The molecule has 168 valence electrons. The molecule has 0 radical (unpaired) electrons. The van der Waals surface area contributed by atoms with E-state index in [1.165, 1.54) is 0 Å². The summed E-state index contributed by atoms with van der Waals surface area (Å²) in [5, 5.41) is 6.44. The Hall–Kier alpha value is -2.48. The zero-order valence-electron chi connectivity index (χ0n) is 18.1. The number of anilines is 2. The van der Waals surface area contributed by atoms with Gasteiger partial charge in [0.05, 0.1) is 31.0 Å². The zero-order chi connectivity index (χ0) is 23.0. The van der Waals surface area contributed by atoms with Gasteiger partial charge in [0.15, 0.2) is 24.1 Å². The summed E-state index contributed by atoms with van der Waals surface area (Å²) in [4.78, 5) is 25.8. The lowest BCUT2D eigenvalue weighted by atomic mass is 10.2. The van der Waals surface area contributed by atoms with Crippen molar-refractivity contribution in [2.24, 2.45) is 0 Å². The molecule has 0 heterocycles. The molecule has 2 atom stereocenters. The Morgan fingerprint density at radius 3 is 2.32 bits per heavy atom. The molecular weight excluding hydrogens is 441 g/mol. The minimum atomic E-state index is -0.489. The number of benzene rings is 2. The van der Waals surface area contributed by atoms with Gasteiger partial charge in [-0.3, -0.25) is 9.59 Å². The fourth-order valence-corrected chi connectivity index (χ4v) is 3.25. The maximum atomic E-state index is 12.6. The van der Waals surface area contributed by atoms with Crippen LogP contribution in [0.3, 0.4) is 0 Å². The van der Waals surface area contributed by atoms with Gasteiger partial charge in [-0.05, 0) is 51.1 Å². The van der Waals surface area contributed by atoms with Crippen molar-refractivity contribution in [2.75, 3.05) is 37.4 Å². The first-order valence-electron chi connectivity index (χ1n) is 10.0. The minimum absolute atomic E-state index is 0.0973. The lowest BCUT2D eigenvalue weighted by Gasteiger charge is -2.21. The van der Waals surface area contributed by atoms with Crippen LogP contribution in [0.15, 0.2) is 36.4 Å². The number of halogens is 2. The topological polar surface area (TPSA) is 81.1 Å². The average molecular weight is 469 g/mol. The van der Waals surface area contributed by atoms with E-state index in [0.717, 1.165) is 4.90 Å². The van der Waals surface area contributed by atoms with Gasteiger partial charge in [0.25, 0.3) is 11.8 Å². The normalized spacial score (nSPS) is 12.6. The Labute approximate surface area is 192 Å². The number of carbonyl (C=O) groups is 2. The van der Waals surface area contributed by atoms with Gasteiger partial charge in [-0.25, -0.2) is 0 Å². The molecule has 2 rings (SSSR count). The molecule has 0 fully saturated rings. The molecule has 0 aromatic heterocycles. The first-order chi connectivity index (χ1) is 14.7. The van der Waals surface area contributed by atoms with Crippen molar-refractivity contribution < 1.29 is 24.0 Å². The van der Waals surface area contributed by atoms with Crippen molar-refractivity contribution in [3.63, 3.8) is 0 Å². The van der Waals surface area contributed by atoms with Gasteiger partial charge in [0.2, 0.25) is 0 Å². The van der Waals surface area contributed by atoms with Crippen LogP contribution in [0, 0.1) is 0 Å². The Kier molecular flexibility index (Phi) is 9.43. The molecule has 1 unspecified atom stereocenters. The smallest absolute Gasteiger partial charge is 0.282 e. The maximum Gasteiger partial charge on any atom is 0.282 e. The zero-order valence-corrected chi connectivity index (χ0v) is 19.6. The van der Waals surface area contributed by atoms with Crippen LogP contribution in [-0.4, -0.2) is 44.7 Å². The van der Waals surface area contributed by atoms with Crippen LogP contribution in [0.1, 0.15) is 20.8 Å². The quantitative estimate of drug-likeness (QED) is 0.499. The van der Waals surface area contributed by atoms with Crippen LogP contribution >= 0.6 is 23.2 Å². The van der Waals surface area contributed by atoms with E-state index < -0.39 is 6.04 Å². The molecule has 31 heavy (non-hydrogen) atoms. The number of ether oxygens (including phenoxy) is 2. The molecule has 0 aliphatic heterocycles. The van der Waals surface area contributed by atoms with E-state index in [1.807, 2.05) is 13.8 Å². The van der Waals surface area contributed by atoms with E-state index in [4.69, 9.17) is 32.7 Å². The summed E-state index contributed by atoms with van der Waals surface area (Å²) >= 11 is 12.0. The predicted octanol–water partition coefficient (Wildman–Crippen LogP) is 3.27. The molecule has 2 aromatic carbocycles. The monoisotopic (exact) mass is 468 g/mol. The van der Waals surface area contributed by atoms with Crippen LogP contribution in [-0.2, 0) is 9.59 Å². The average Bonchev–Trinajstić information content (AvgIpc) is 2.71. The lowest BCUT2D eigenvalue weighted by Crippen LogP contribution is -3.14. The van der Waals surface area contributed by atoms with Crippen molar-refractivity contribution in [3.05, 3.63) is 46.4 Å². The van der Waals surface area contributed by atoms with E-state index in [9.17, 15) is 9.59 Å². The molecule has 0 aliphatic carbocycles. The van der Waals surface area contributed by atoms with Gasteiger partial charge in [-0.1, -0.05) is 23.2 Å². The Bertz CT molecular complexity index is 924. The van der Waals surface area contributed by atoms with E-state index in [1.54, 1.807) is 50.4 Å². The molecule has 2 amide bonds. The number of hydrogen-bond donors (Lipinski definition) is 3. The molecule has 0 saturated carbocycles. The summed E-state index contributed by atoms with van der Waals surface area (Å²) in [5.41, 5.74) is 1.06. The van der Waals surface area contributed by atoms with E-state index in [2.05, 4.69) is 10.6 Å². The Morgan fingerprint density at radius 2 is 1.68 bits per heavy atom. The molecule has 7 nitrogen and oxygen atoms in total. The Morgan fingerprint density at radius 1 is 1.00 bits per heavy atom. The van der Waals surface area contributed by atoms with Crippen molar-refractivity contribution in [3.8, 4) is 11.5 Å². The van der Waals surface area contributed by atoms with Crippen molar-refractivity contribution in [2.45, 2.75) is 26.8 Å². The van der Waals surface area contributed by atoms with E-state index in [-0.39, 0.29) is 18.4 Å². The number of amides is 2. The number of nitrogens with one attached hydrogen (secondary N) is 3. The van der Waals surface area contributed by atoms with Crippen LogP contribution in [0.25, 0.3) is 0 Å². The summed E-state index contributed by atoms with van der Waals surface area (Å²) in [6, 6.07) is 9.58. The lowest BCUT2D eigenvalue weighted by molar-refractivity contribution is -0.885. The van der Waals surface area contributed by atoms with Crippen LogP contribution in [0.4, 0.5) is 11.4 Å². The molecule has 0 aliphatic rings. The van der Waals surface area contributed by atoms with Crippen molar-refractivity contribution in [1.82, 2.24) is 0 Å². The number of hydrogen-bond acceptors (Lipinski definition) is 4. The molecule has 0 spiro atoms. The number of carbonyl (C=O) groups excluding carboxylic acids is 2. The summed E-state index contributed by atoms with van der Waals surface area (Å²) in [7, 11) is 1.77. The minimum Gasteiger partial charge on any atom is -0.490 e. The van der Waals surface area contributed by atoms with Crippen LogP contribution in [0.2, 0.25) is 10.0 Å². The van der Waals surface area contributed by atoms with Crippen molar-refractivity contribution in [1.29, 1.82) is 0 Å². The molecule has 0 saturated heterocycles. The van der Waals surface area contributed by atoms with E-state index in [0.29, 0.717) is 46.1 Å². The summed E-state index contributed by atoms with van der Waals surface area (Å²) in [5.74, 6) is 0.703. The number of quaternary nitrogens is 1. The molecular formula is C22H28Cl2N3O4+. The fraction of sp³-hybridized carbons (Fsp3) is 0.364. The molecule has 3 N–H and O–H groups in total. The van der Waals surface area contributed by atoms with Crippen LogP contribution < -0.4 is 25.0 Å². The third kappa shape index (κ3) is 7.31. The second kappa shape index (κ2) is 11.8. The predicted molar refractivity (Wildman–Crippen MR) is 124 cm³/mol. The van der Waals surface area contributed by atoms with Crippen LogP contribution in [0.5, 0.6) is 11.5 Å². The highest BCUT2D eigenvalue weighted by Gasteiger charge is 2.24. The second-order valence-electron chi connectivity index (χ2n) is 6.93. The molecule has 2 aromatic rings. The summed E-state index contributed by atoms with van der Waals surface area (Å²) in [6.45, 7) is 6.60. The maximum absolute atomic E-state index is 12.6. The Balaban J connectivity index is 1.96. The first kappa shape index (κ1) is 24.8.